The van der Waals surface area contributed by atoms with Gasteiger partial charge in [0.05, 0.1) is 0 Å². The van der Waals surface area contributed by atoms with Crippen LogP contribution < -0.4 is 0 Å². The topological polar surface area (TPSA) is 40.5 Å². The molecule has 0 saturated carbocycles. The fraction of sp³-hybridized carbons (Fsp3) is 0.875. The molecule has 0 aromatic heterocycles. The predicted octanol–water partition coefficient (Wildman–Crippen LogP) is 0.897. The second-order valence-corrected chi connectivity index (χ2v) is 5.42. The van der Waals surface area contributed by atoms with Crippen LogP contribution in [0.4, 0.5) is 0 Å². The summed E-state index contributed by atoms with van der Waals surface area (Å²) in [5, 5.41) is 8.99. The average Bonchev–Trinajstić information content (AvgIpc) is 1.82. The number of carbonyl (C=O) groups is 1. The highest BCUT2D eigenvalue weighted by Gasteiger charge is 2.41. The van der Waals surface area contributed by atoms with Crippen molar-refractivity contribution in [2.75, 3.05) is 19.3 Å². The van der Waals surface area contributed by atoms with Gasteiger partial charge in [-0.2, -0.15) is 11.8 Å². The van der Waals surface area contributed by atoms with Crippen LogP contribution in [0.2, 0.25) is 0 Å². The highest BCUT2D eigenvalue weighted by Crippen LogP contribution is 2.34. The van der Waals surface area contributed by atoms with Crippen LogP contribution in [0.5, 0.6) is 0 Å². The maximum absolute atomic E-state index is 10.9. The van der Waals surface area contributed by atoms with Gasteiger partial charge in [-0.25, -0.2) is 0 Å². The molecule has 1 N–H and O–H groups in total. The Balaban J connectivity index is 2.81. The lowest BCUT2D eigenvalue weighted by atomic mass is 10.0. The second-order valence-electron chi connectivity index (χ2n) is 3.67. The second kappa shape index (κ2) is 3.26. The molecule has 1 heterocycles. The van der Waals surface area contributed by atoms with E-state index in [1.165, 1.54) is 0 Å². The molecule has 0 radical (unpaired) electrons. The van der Waals surface area contributed by atoms with E-state index < -0.39 is 5.97 Å². The minimum absolute atomic E-state index is 0.168. The van der Waals surface area contributed by atoms with Gasteiger partial charge in [0.2, 0.25) is 0 Å². The predicted molar refractivity (Wildman–Crippen MR) is 50.6 cm³/mol. The highest BCUT2D eigenvalue weighted by atomic mass is 32.2. The summed E-state index contributed by atoms with van der Waals surface area (Å²) < 4.78 is -0.168. The molecule has 4 heteroatoms. The maximum atomic E-state index is 10.9. The van der Waals surface area contributed by atoms with Crippen molar-refractivity contribution >= 4 is 17.7 Å². The van der Waals surface area contributed by atoms with Crippen LogP contribution in [0, 0.1) is 0 Å². The monoisotopic (exact) mass is 189 g/mol. The summed E-state index contributed by atoms with van der Waals surface area (Å²) in [7, 11) is 1.88. The Bertz CT molecular complexity index is 193. The number of thioether (sulfide) groups is 1. The van der Waals surface area contributed by atoms with E-state index in [1.54, 1.807) is 11.8 Å². The van der Waals surface area contributed by atoms with E-state index in [0.29, 0.717) is 0 Å². The summed E-state index contributed by atoms with van der Waals surface area (Å²) >= 11 is 1.74. The van der Waals surface area contributed by atoms with Crippen molar-refractivity contribution in [3.63, 3.8) is 0 Å². The molecule has 3 nitrogen and oxygen atoms in total. The Morgan fingerprint density at radius 3 is 2.58 bits per heavy atom. The first kappa shape index (κ1) is 9.86. The normalized spacial score (nSPS) is 30.1. The van der Waals surface area contributed by atoms with E-state index in [4.69, 9.17) is 5.11 Å². The summed E-state index contributed by atoms with van der Waals surface area (Å²) in [6, 6.07) is -0.351. The lowest BCUT2D eigenvalue weighted by molar-refractivity contribution is -0.143. The number of aliphatic carboxylic acids is 1. The number of carboxylic acid groups (broad SMARTS) is 1. The molecule has 12 heavy (non-hydrogen) atoms. The lowest BCUT2D eigenvalue weighted by Crippen LogP contribution is -2.55. The van der Waals surface area contributed by atoms with Gasteiger partial charge in [0.1, 0.15) is 6.04 Å². The first-order chi connectivity index (χ1) is 5.45. The van der Waals surface area contributed by atoms with Crippen LogP contribution in [0.1, 0.15) is 13.8 Å². The van der Waals surface area contributed by atoms with E-state index >= 15 is 0 Å². The Kier molecular flexibility index (Phi) is 2.68. The van der Waals surface area contributed by atoms with Crippen molar-refractivity contribution in [3.8, 4) is 0 Å². The van der Waals surface area contributed by atoms with Gasteiger partial charge in [-0.3, -0.25) is 9.69 Å². The third kappa shape index (κ3) is 1.75. The van der Waals surface area contributed by atoms with Crippen LogP contribution in [-0.2, 0) is 4.79 Å². The average molecular weight is 189 g/mol. The fourth-order valence-corrected chi connectivity index (χ4v) is 3.02. The molecule has 1 saturated heterocycles. The Morgan fingerprint density at radius 1 is 1.67 bits per heavy atom. The SMILES string of the molecule is CN1CCSC(C)(C)C1C(=O)O. The number of likely N-dealkylation sites (N-methyl/N-ethyl adjacent to an activating group) is 1. The molecule has 1 unspecified atom stereocenters. The van der Waals surface area contributed by atoms with Gasteiger partial charge >= 0.3 is 5.97 Å². The Morgan fingerprint density at radius 2 is 2.25 bits per heavy atom. The molecule has 70 valence electrons. The van der Waals surface area contributed by atoms with Crippen molar-refractivity contribution in [3.05, 3.63) is 0 Å². The highest BCUT2D eigenvalue weighted by molar-refractivity contribution is 8.00. The number of hydrogen-bond acceptors (Lipinski definition) is 3. The van der Waals surface area contributed by atoms with E-state index in [1.807, 2.05) is 25.8 Å². The molecule has 1 aliphatic rings. The molecule has 0 aromatic rings. The summed E-state index contributed by atoms with van der Waals surface area (Å²) in [6.45, 7) is 4.85. The van der Waals surface area contributed by atoms with Crippen molar-refractivity contribution in [1.29, 1.82) is 0 Å². The van der Waals surface area contributed by atoms with Crippen molar-refractivity contribution in [2.24, 2.45) is 0 Å². The number of hydrogen-bond donors (Lipinski definition) is 1. The zero-order valence-corrected chi connectivity index (χ0v) is 8.52. The summed E-state index contributed by atoms with van der Waals surface area (Å²) in [5.74, 6) is 0.308. The molecule has 0 aliphatic carbocycles. The van der Waals surface area contributed by atoms with Gasteiger partial charge in [-0.1, -0.05) is 0 Å². The molecule has 0 aromatic carbocycles. The van der Waals surface area contributed by atoms with E-state index in [0.717, 1.165) is 12.3 Å². The van der Waals surface area contributed by atoms with E-state index in [2.05, 4.69) is 0 Å². The standard InChI is InChI=1S/C8H15NO2S/c1-8(2)6(7(10)11)9(3)4-5-12-8/h6H,4-5H2,1-3H3,(H,10,11). The summed E-state index contributed by atoms with van der Waals surface area (Å²) in [6.07, 6.45) is 0. The van der Waals surface area contributed by atoms with Crippen LogP contribution in [0.3, 0.4) is 0 Å². The van der Waals surface area contributed by atoms with Crippen LogP contribution >= 0.6 is 11.8 Å². The summed E-state index contributed by atoms with van der Waals surface area (Å²) in [5.41, 5.74) is 0. The zero-order chi connectivity index (χ0) is 9.35. The summed E-state index contributed by atoms with van der Waals surface area (Å²) in [4.78, 5) is 12.8. The fourth-order valence-electron chi connectivity index (χ4n) is 1.68. The van der Waals surface area contributed by atoms with Crippen LogP contribution in [-0.4, -0.2) is 46.1 Å². The van der Waals surface area contributed by atoms with Gasteiger partial charge in [-0.15, -0.1) is 0 Å². The molecular formula is C8H15NO2S. The van der Waals surface area contributed by atoms with Crippen molar-refractivity contribution < 1.29 is 9.90 Å². The Hall–Kier alpha value is -0.220. The molecule has 0 spiro atoms. The van der Waals surface area contributed by atoms with Gasteiger partial charge in [-0.05, 0) is 20.9 Å². The quantitative estimate of drug-likeness (QED) is 0.665. The smallest absolute Gasteiger partial charge is 0.322 e. The van der Waals surface area contributed by atoms with Gasteiger partial charge < -0.3 is 5.11 Å². The minimum Gasteiger partial charge on any atom is -0.480 e. The Labute approximate surface area is 77.1 Å². The third-order valence-corrected chi connectivity index (χ3v) is 3.61. The molecule has 1 aliphatic heterocycles. The first-order valence-electron chi connectivity index (χ1n) is 4.02. The zero-order valence-electron chi connectivity index (χ0n) is 7.70. The lowest BCUT2D eigenvalue weighted by Gasteiger charge is -2.41. The van der Waals surface area contributed by atoms with Crippen LogP contribution in [0.25, 0.3) is 0 Å². The van der Waals surface area contributed by atoms with E-state index in [-0.39, 0.29) is 10.8 Å². The largest absolute Gasteiger partial charge is 0.480 e. The van der Waals surface area contributed by atoms with Gasteiger partial charge in [0.25, 0.3) is 0 Å². The van der Waals surface area contributed by atoms with Gasteiger partial charge in [0, 0.05) is 17.0 Å². The first-order valence-corrected chi connectivity index (χ1v) is 5.01. The minimum atomic E-state index is -0.713. The molecule has 0 amide bonds. The number of nitrogens with zero attached hydrogens (tertiary/aromatic N) is 1. The van der Waals surface area contributed by atoms with E-state index in [9.17, 15) is 4.79 Å². The molecule has 0 bridgehead atoms. The molecule has 1 fully saturated rings. The molecule has 1 rings (SSSR count). The number of rotatable bonds is 1. The number of carboxylic acids is 1. The van der Waals surface area contributed by atoms with Gasteiger partial charge in [0.15, 0.2) is 0 Å². The van der Waals surface area contributed by atoms with Crippen molar-refractivity contribution in [2.45, 2.75) is 24.6 Å². The molecular weight excluding hydrogens is 174 g/mol. The maximum Gasteiger partial charge on any atom is 0.322 e. The van der Waals surface area contributed by atoms with Crippen LogP contribution in [0.15, 0.2) is 0 Å². The molecule has 1 atom stereocenters. The third-order valence-electron chi connectivity index (χ3n) is 2.25. The van der Waals surface area contributed by atoms with Crippen molar-refractivity contribution in [1.82, 2.24) is 4.90 Å².